The number of alkyl carbamates (subject to hydrolysis) is 1. The van der Waals surface area contributed by atoms with Gasteiger partial charge in [-0.15, -0.1) is 0 Å². The van der Waals surface area contributed by atoms with Crippen LogP contribution in [-0.2, 0) is 9.53 Å². The summed E-state index contributed by atoms with van der Waals surface area (Å²) in [6, 6.07) is -1.32. The molecule has 0 spiro atoms. The highest BCUT2D eigenvalue weighted by Crippen LogP contribution is 2.10. The molecule has 6 heteroatoms. The third-order valence-corrected chi connectivity index (χ3v) is 1.92. The van der Waals surface area contributed by atoms with E-state index in [9.17, 15) is 9.59 Å². The minimum atomic E-state index is -1.32. The van der Waals surface area contributed by atoms with Gasteiger partial charge in [0.05, 0.1) is 6.10 Å². The van der Waals surface area contributed by atoms with Crippen LogP contribution < -0.4 is 5.32 Å². The van der Waals surface area contributed by atoms with Crippen LogP contribution in [0.2, 0.25) is 0 Å². The fourth-order valence-corrected chi connectivity index (χ4v) is 1.10. The van der Waals surface area contributed by atoms with E-state index in [1.54, 1.807) is 34.6 Å². The highest BCUT2D eigenvalue weighted by atomic mass is 16.6. The van der Waals surface area contributed by atoms with Gasteiger partial charge in [0.15, 0.2) is 6.04 Å². The van der Waals surface area contributed by atoms with E-state index in [1.807, 2.05) is 0 Å². The topological polar surface area (TPSA) is 95.9 Å². The molecule has 0 heterocycles. The number of aliphatic hydroxyl groups is 1. The molecule has 0 fully saturated rings. The summed E-state index contributed by atoms with van der Waals surface area (Å²) in [5.74, 6) is -1.51. The van der Waals surface area contributed by atoms with Gasteiger partial charge in [0.2, 0.25) is 1.43 Å². The van der Waals surface area contributed by atoms with Crippen LogP contribution in [0.3, 0.4) is 0 Å². The molecule has 17 heavy (non-hydrogen) atoms. The second-order valence-corrected chi connectivity index (χ2v) is 5.17. The van der Waals surface area contributed by atoms with Gasteiger partial charge >= 0.3 is 12.1 Å². The first-order valence-corrected chi connectivity index (χ1v) is 5.42. The van der Waals surface area contributed by atoms with Crippen molar-refractivity contribution >= 4 is 12.1 Å². The highest BCUT2D eigenvalue weighted by molar-refractivity contribution is 5.80. The van der Waals surface area contributed by atoms with Crippen LogP contribution in [0.15, 0.2) is 0 Å². The third-order valence-electron chi connectivity index (χ3n) is 1.92. The Kier molecular flexibility index (Phi) is 4.74. The average molecular weight is 248 g/mol. The maximum atomic E-state index is 11.5. The number of carbonyl (C=O) groups is 2. The van der Waals surface area contributed by atoms with Crippen LogP contribution in [0.1, 0.15) is 34.6 Å². The van der Waals surface area contributed by atoms with E-state index in [0.717, 1.165) is 0 Å². The van der Waals surface area contributed by atoms with E-state index in [0.29, 0.717) is 0 Å². The summed E-state index contributed by atoms with van der Waals surface area (Å²) in [5.41, 5.74) is -0.720. The quantitative estimate of drug-likeness (QED) is 0.674. The van der Waals surface area contributed by atoms with Gasteiger partial charge in [-0.05, 0) is 26.7 Å². The maximum absolute atomic E-state index is 11.5. The standard InChI is InChI=1S/C11H21NO5/c1-6(2)8(13)7(9(14)15)12-10(16)17-11(3,4)5/h6-8,13H,1-5H3,(H,12,16)(H,14,15)/t7-,8-/m0/s1/i13D. The maximum Gasteiger partial charge on any atom is 0.408 e. The fourth-order valence-electron chi connectivity index (χ4n) is 1.10. The largest absolute Gasteiger partial charge is 0.480 e. The molecule has 100 valence electrons. The van der Waals surface area contributed by atoms with Crippen molar-refractivity contribution in [3.05, 3.63) is 0 Å². The predicted molar refractivity (Wildman–Crippen MR) is 61.6 cm³/mol. The second kappa shape index (κ2) is 5.86. The molecule has 0 aromatic heterocycles. The fraction of sp³-hybridized carbons (Fsp3) is 0.818. The zero-order valence-corrected chi connectivity index (χ0v) is 10.8. The molecule has 0 aromatic carbocycles. The minimum absolute atomic E-state index is 0.237. The lowest BCUT2D eigenvalue weighted by Gasteiger charge is -2.25. The Morgan fingerprint density at radius 1 is 1.35 bits per heavy atom. The van der Waals surface area contributed by atoms with Crippen LogP contribution in [0.4, 0.5) is 4.79 Å². The number of carbonyl (C=O) groups excluding carboxylic acids is 1. The summed E-state index contributed by atoms with van der Waals surface area (Å²) in [4.78, 5) is 22.6. The number of hydrogen-bond acceptors (Lipinski definition) is 4. The minimum Gasteiger partial charge on any atom is -0.480 e. The molecule has 0 aliphatic rings. The van der Waals surface area contributed by atoms with Crippen LogP contribution in [-0.4, -0.2) is 41.5 Å². The zero-order valence-electron chi connectivity index (χ0n) is 11.8. The number of aliphatic hydroxyl groups excluding tert-OH is 1. The summed E-state index contributed by atoms with van der Waals surface area (Å²) >= 11 is 0. The summed E-state index contributed by atoms with van der Waals surface area (Å²) < 4.78 is 11.8. The van der Waals surface area contributed by atoms with E-state index in [4.69, 9.17) is 11.3 Å². The molecule has 0 rings (SSSR count). The number of carboxylic acid groups (broad SMARTS) is 1. The molecule has 6 nitrogen and oxygen atoms in total. The lowest BCUT2D eigenvalue weighted by molar-refractivity contribution is -0.143. The van der Waals surface area contributed by atoms with Crippen molar-refractivity contribution in [2.75, 3.05) is 0 Å². The Morgan fingerprint density at radius 2 is 1.88 bits per heavy atom. The van der Waals surface area contributed by atoms with Gasteiger partial charge in [-0.3, -0.25) is 0 Å². The van der Waals surface area contributed by atoms with Crippen LogP contribution in [0.5, 0.6) is 0 Å². The van der Waals surface area contributed by atoms with Crippen molar-refractivity contribution in [3.8, 4) is 0 Å². The van der Waals surface area contributed by atoms with Crippen molar-refractivity contribution in [1.82, 2.24) is 5.32 Å². The van der Waals surface area contributed by atoms with E-state index >= 15 is 0 Å². The Morgan fingerprint density at radius 3 is 2.18 bits per heavy atom. The van der Waals surface area contributed by atoms with Gasteiger partial charge < -0.3 is 20.3 Å². The summed E-state index contributed by atoms with van der Waals surface area (Å²) in [7, 11) is 0. The lowest BCUT2D eigenvalue weighted by Crippen LogP contribution is -2.51. The van der Waals surface area contributed by atoms with Crippen LogP contribution >= 0.6 is 0 Å². The first-order valence-electron chi connectivity index (χ1n) is 5.83. The Bertz CT molecular complexity index is 300. The number of ether oxygens (including phenoxy) is 1. The molecule has 0 bridgehead atoms. The Labute approximate surface area is 102 Å². The molecule has 0 saturated carbocycles. The van der Waals surface area contributed by atoms with Gasteiger partial charge in [-0.2, -0.15) is 0 Å². The first kappa shape index (κ1) is 13.8. The van der Waals surface area contributed by atoms with Gasteiger partial charge in [0.25, 0.3) is 0 Å². The van der Waals surface area contributed by atoms with E-state index < -0.39 is 29.8 Å². The molecule has 0 radical (unpaired) electrons. The normalized spacial score (nSPS) is 16.0. The zero-order chi connectivity index (χ0) is 14.5. The lowest BCUT2D eigenvalue weighted by atomic mass is 10.00. The van der Waals surface area contributed by atoms with Crippen molar-refractivity contribution in [1.29, 1.82) is 1.43 Å². The Hall–Kier alpha value is -1.30. The summed E-state index contributed by atoms with van der Waals surface area (Å²) in [6.45, 7) is 8.41. The van der Waals surface area contributed by atoms with Gasteiger partial charge in [-0.25, -0.2) is 9.59 Å². The number of nitrogens with one attached hydrogen (secondary N) is 1. The molecule has 0 unspecified atom stereocenters. The highest BCUT2D eigenvalue weighted by Gasteiger charge is 2.31. The first-order chi connectivity index (χ1) is 8.08. The third kappa shape index (κ3) is 6.11. The smallest absolute Gasteiger partial charge is 0.408 e. The molecular weight excluding hydrogens is 226 g/mol. The number of carboxylic acids is 1. The molecule has 0 saturated heterocycles. The number of rotatable bonds is 5. The van der Waals surface area contributed by atoms with Gasteiger partial charge in [-0.1, -0.05) is 13.8 Å². The van der Waals surface area contributed by atoms with Crippen LogP contribution in [0.25, 0.3) is 0 Å². The van der Waals surface area contributed by atoms with E-state index in [2.05, 4.69) is 10.4 Å². The predicted octanol–water partition coefficient (Wildman–Crippen LogP) is 0.981. The van der Waals surface area contributed by atoms with Gasteiger partial charge in [0.1, 0.15) is 5.60 Å². The molecule has 0 aromatic rings. The molecular formula is C11H21NO5. The van der Waals surface area contributed by atoms with Gasteiger partial charge in [0, 0.05) is 0 Å². The average Bonchev–Trinajstić information content (AvgIpc) is 2.13. The second-order valence-electron chi connectivity index (χ2n) is 5.17. The monoisotopic (exact) mass is 248 g/mol. The number of aliphatic carboxylic acids is 1. The number of amides is 1. The summed E-state index contributed by atoms with van der Waals surface area (Å²) in [6.07, 6.45) is -1.80. The molecule has 2 atom stereocenters. The van der Waals surface area contributed by atoms with E-state index in [1.165, 1.54) is 0 Å². The SMILES string of the molecule is [2H]O[C@@H](C(C)C)[C@H](NC(=O)OC(C)(C)C)C(=O)O. The Balaban J connectivity index is 4.73. The van der Waals surface area contributed by atoms with Crippen LogP contribution in [0, 0.1) is 5.92 Å². The van der Waals surface area contributed by atoms with Crippen molar-refractivity contribution in [2.24, 2.45) is 5.92 Å². The van der Waals surface area contributed by atoms with E-state index in [-0.39, 0.29) is 5.92 Å². The molecule has 3 N–H and O–H groups in total. The van der Waals surface area contributed by atoms with Crippen molar-refractivity contribution in [3.63, 3.8) is 0 Å². The van der Waals surface area contributed by atoms with Crippen molar-refractivity contribution < 1.29 is 24.5 Å². The molecule has 0 aliphatic carbocycles. The number of hydrogen-bond donors (Lipinski definition) is 3. The molecule has 0 aliphatic heterocycles. The summed E-state index contributed by atoms with van der Waals surface area (Å²) in [5, 5.41) is 15.6. The van der Waals surface area contributed by atoms with Crippen molar-refractivity contribution in [2.45, 2.75) is 52.4 Å². The molecule has 1 amide bonds.